The van der Waals surface area contributed by atoms with E-state index >= 15 is 0 Å². The van der Waals surface area contributed by atoms with Gasteiger partial charge in [0.2, 0.25) is 5.69 Å². The van der Waals surface area contributed by atoms with Crippen LogP contribution >= 0.6 is 0 Å². The highest BCUT2D eigenvalue weighted by atomic mass is 16.6. The van der Waals surface area contributed by atoms with E-state index in [1.165, 1.54) is 10.9 Å². The third kappa shape index (κ3) is 3.44. The van der Waals surface area contributed by atoms with Gasteiger partial charge in [-0.25, -0.2) is 4.79 Å². The van der Waals surface area contributed by atoms with Gasteiger partial charge in [0.15, 0.2) is 0 Å². The van der Waals surface area contributed by atoms with Gasteiger partial charge in [0.1, 0.15) is 6.20 Å². The Morgan fingerprint density at radius 3 is 2.62 bits per heavy atom. The van der Waals surface area contributed by atoms with Crippen molar-refractivity contribution in [3.63, 3.8) is 0 Å². The van der Waals surface area contributed by atoms with Gasteiger partial charge in [-0.3, -0.25) is 14.8 Å². The molecule has 1 aromatic carbocycles. The van der Waals surface area contributed by atoms with Crippen LogP contribution in [0, 0.1) is 10.1 Å². The summed E-state index contributed by atoms with van der Waals surface area (Å²) in [6.45, 7) is 2.47. The average Bonchev–Trinajstić information content (AvgIpc) is 2.90. The van der Waals surface area contributed by atoms with Crippen molar-refractivity contribution >= 4 is 11.7 Å². The highest BCUT2D eigenvalue weighted by molar-refractivity contribution is 5.89. The molecule has 0 fully saturated rings. The minimum atomic E-state index is -1.39. The lowest BCUT2D eigenvalue weighted by Gasteiger charge is -2.11. The number of hydrogen-bond donors (Lipinski definition) is 1. The number of aromatic carboxylic acids is 1. The van der Waals surface area contributed by atoms with E-state index in [2.05, 4.69) is 5.10 Å². The number of carbonyl (C=O) groups is 1. The molecule has 7 nitrogen and oxygen atoms in total. The normalized spacial score (nSPS) is 12.0. The molecule has 1 unspecified atom stereocenters. The average molecular weight is 289 g/mol. The number of benzene rings is 1. The highest BCUT2D eigenvalue weighted by Crippen LogP contribution is 2.21. The largest absolute Gasteiger partial charge is 0.476 e. The Labute approximate surface area is 121 Å². The molecule has 0 spiro atoms. The number of carboxylic acid groups (broad SMARTS) is 1. The van der Waals surface area contributed by atoms with Gasteiger partial charge in [0.05, 0.1) is 4.92 Å². The molecule has 2 rings (SSSR count). The molecule has 0 radical (unpaired) electrons. The topological polar surface area (TPSA) is 98.3 Å². The molecule has 0 saturated heterocycles. The molecule has 2 aromatic rings. The molecule has 1 atom stereocenters. The summed E-state index contributed by atoms with van der Waals surface area (Å²) in [5.74, 6) is -1.14. The summed E-state index contributed by atoms with van der Waals surface area (Å²) in [4.78, 5) is 21.0. The van der Waals surface area contributed by atoms with Crippen molar-refractivity contribution < 1.29 is 14.8 Å². The van der Waals surface area contributed by atoms with Crippen molar-refractivity contribution in [1.29, 1.82) is 0 Å². The Morgan fingerprint density at radius 2 is 2.10 bits per heavy atom. The van der Waals surface area contributed by atoms with Crippen molar-refractivity contribution in [2.75, 3.05) is 0 Å². The summed E-state index contributed by atoms with van der Waals surface area (Å²) in [5, 5.41) is 23.5. The minimum Gasteiger partial charge on any atom is -0.476 e. The highest BCUT2D eigenvalue weighted by Gasteiger charge is 2.25. The third-order valence-corrected chi connectivity index (χ3v) is 3.30. The first kappa shape index (κ1) is 14.7. The zero-order valence-corrected chi connectivity index (χ0v) is 11.5. The first-order chi connectivity index (χ1) is 9.99. The molecule has 0 bridgehead atoms. The van der Waals surface area contributed by atoms with Crippen LogP contribution in [0.1, 0.15) is 35.3 Å². The Kier molecular flexibility index (Phi) is 4.32. The fourth-order valence-corrected chi connectivity index (χ4v) is 2.09. The molecular weight excluding hydrogens is 274 g/mol. The summed E-state index contributed by atoms with van der Waals surface area (Å²) in [7, 11) is 0. The smallest absolute Gasteiger partial charge is 0.363 e. The van der Waals surface area contributed by atoms with Crippen LogP contribution in [0.15, 0.2) is 36.5 Å². The van der Waals surface area contributed by atoms with Crippen LogP contribution in [0.5, 0.6) is 0 Å². The maximum Gasteiger partial charge on any atom is 0.363 e. The molecule has 1 heterocycles. The molecule has 0 aliphatic carbocycles. The van der Waals surface area contributed by atoms with E-state index in [0.717, 1.165) is 5.56 Å². The van der Waals surface area contributed by atoms with E-state index < -0.39 is 22.3 Å². The molecule has 21 heavy (non-hydrogen) atoms. The van der Waals surface area contributed by atoms with E-state index in [-0.39, 0.29) is 5.92 Å². The van der Waals surface area contributed by atoms with Gasteiger partial charge in [-0.2, -0.15) is 5.10 Å². The predicted molar refractivity (Wildman–Crippen MR) is 75.3 cm³/mol. The summed E-state index contributed by atoms with van der Waals surface area (Å²) in [6, 6.07) is 9.87. The number of nitrogens with zero attached hydrogens (tertiary/aromatic N) is 3. The standard InChI is InChI=1S/C14H15N3O4/c1-10(11-5-3-2-4-6-11)7-8-16-9-12(17(20)21)13(15-16)14(18)19/h2-6,9-10H,7-8H2,1H3,(H,18,19). The molecule has 1 N–H and O–H groups in total. The first-order valence-electron chi connectivity index (χ1n) is 6.49. The predicted octanol–water partition coefficient (Wildman–Crippen LogP) is 2.68. The Hall–Kier alpha value is -2.70. The van der Waals surface area contributed by atoms with Crippen LogP contribution in [-0.4, -0.2) is 25.8 Å². The Morgan fingerprint density at radius 1 is 1.43 bits per heavy atom. The number of aryl methyl sites for hydroxylation is 1. The van der Waals surface area contributed by atoms with Gasteiger partial charge in [0.25, 0.3) is 0 Å². The number of carboxylic acids is 1. The van der Waals surface area contributed by atoms with E-state index in [0.29, 0.717) is 13.0 Å². The first-order valence-corrected chi connectivity index (χ1v) is 6.49. The SMILES string of the molecule is CC(CCn1cc([N+](=O)[O-])c(C(=O)O)n1)c1ccccc1. The lowest BCUT2D eigenvalue weighted by Crippen LogP contribution is -2.06. The molecule has 0 aliphatic rings. The van der Waals surface area contributed by atoms with Gasteiger partial charge in [0, 0.05) is 6.54 Å². The van der Waals surface area contributed by atoms with Gasteiger partial charge in [-0.15, -0.1) is 0 Å². The monoisotopic (exact) mass is 289 g/mol. The van der Waals surface area contributed by atoms with Crippen molar-refractivity contribution in [3.05, 3.63) is 57.9 Å². The number of nitro groups is 1. The van der Waals surface area contributed by atoms with Crippen molar-refractivity contribution in [2.45, 2.75) is 25.8 Å². The van der Waals surface area contributed by atoms with Crippen molar-refractivity contribution in [2.24, 2.45) is 0 Å². The second-order valence-corrected chi connectivity index (χ2v) is 4.79. The van der Waals surface area contributed by atoms with E-state index in [1.54, 1.807) is 0 Å². The van der Waals surface area contributed by atoms with E-state index in [9.17, 15) is 14.9 Å². The molecule has 0 aliphatic heterocycles. The number of aromatic nitrogens is 2. The van der Waals surface area contributed by atoms with Gasteiger partial charge < -0.3 is 5.11 Å². The molecule has 1 aromatic heterocycles. The number of hydrogen-bond acceptors (Lipinski definition) is 4. The van der Waals surface area contributed by atoms with E-state index in [4.69, 9.17) is 5.11 Å². The minimum absolute atomic E-state index is 0.253. The van der Waals surface area contributed by atoms with Crippen LogP contribution < -0.4 is 0 Å². The van der Waals surface area contributed by atoms with Crippen LogP contribution in [-0.2, 0) is 6.54 Å². The maximum absolute atomic E-state index is 10.9. The summed E-state index contributed by atoms with van der Waals surface area (Å²) >= 11 is 0. The zero-order chi connectivity index (χ0) is 15.4. The Bertz CT molecular complexity index is 620. The van der Waals surface area contributed by atoms with Gasteiger partial charge in [-0.1, -0.05) is 37.3 Å². The lowest BCUT2D eigenvalue weighted by atomic mass is 9.98. The second-order valence-electron chi connectivity index (χ2n) is 4.79. The van der Waals surface area contributed by atoms with Gasteiger partial charge >= 0.3 is 11.7 Å². The summed E-state index contributed by atoms with van der Waals surface area (Å²) < 4.78 is 1.32. The fourth-order valence-electron chi connectivity index (χ4n) is 2.09. The molecule has 0 amide bonds. The molecular formula is C14H15N3O4. The molecule has 110 valence electrons. The second kappa shape index (κ2) is 6.17. The fraction of sp³-hybridized carbons (Fsp3) is 0.286. The van der Waals surface area contributed by atoms with E-state index in [1.807, 2.05) is 37.3 Å². The van der Waals surface area contributed by atoms with Crippen LogP contribution in [0.2, 0.25) is 0 Å². The van der Waals surface area contributed by atoms with Gasteiger partial charge in [-0.05, 0) is 17.9 Å². The Balaban J connectivity index is 2.09. The lowest BCUT2D eigenvalue weighted by molar-refractivity contribution is -0.385. The van der Waals surface area contributed by atoms with Crippen LogP contribution in [0.25, 0.3) is 0 Å². The quantitative estimate of drug-likeness (QED) is 0.651. The summed E-state index contributed by atoms with van der Waals surface area (Å²) in [5.41, 5.74) is 0.167. The molecule has 0 saturated carbocycles. The zero-order valence-electron chi connectivity index (χ0n) is 11.5. The van der Waals surface area contributed by atoms with Crippen LogP contribution in [0.3, 0.4) is 0 Å². The maximum atomic E-state index is 10.9. The van der Waals surface area contributed by atoms with Crippen molar-refractivity contribution in [3.8, 4) is 0 Å². The number of rotatable bonds is 6. The molecule has 7 heteroatoms. The van der Waals surface area contributed by atoms with Crippen molar-refractivity contribution in [1.82, 2.24) is 9.78 Å². The third-order valence-electron chi connectivity index (χ3n) is 3.30. The van der Waals surface area contributed by atoms with Crippen LogP contribution in [0.4, 0.5) is 5.69 Å². The summed E-state index contributed by atoms with van der Waals surface area (Å²) in [6.07, 6.45) is 1.88.